The van der Waals surface area contributed by atoms with Crippen LogP contribution in [-0.2, 0) is 6.42 Å². The Morgan fingerprint density at radius 2 is 1.71 bits per heavy atom. The van der Waals surface area contributed by atoms with Gasteiger partial charge in [0.1, 0.15) is 5.82 Å². The summed E-state index contributed by atoms with van der Waals surface area (Å²) in [4.78, 5) is 0. The molecule has 2 aromatic carbocycles. The molecule has 1 N–H and O–H groups in total. The minimum Gasteiger partial charge on any atom is -0.388 e. The Morgan fingerprint density at radius 3 is 2.35 bits per heavy atom. The van der Waals surface area contributed by atoms with Crippen LogP contribution < -0.4 is 0 Å². The second kappa shape index (κ2) is 5.11. The molecular weight excluding hydrogens is 215 g/mol. The molecule has 2 heteroatoms. The SMILES string of the molecule is Cc1ccc(C(O)Cc2ccccc2F)cc1. The van der Waals surface area contributed by atoms with Crippen LogP contribution in [0.15, 0.2) is 48.5 Å². The molecule has 0 aliphatic rings. The van der Waals surface area contributed by atoms with Crippen molar-refractivity contribution in [1.82, 2.24) is 0 Å². The first kappa shape index (κ1) is 11.8. The zero-order chi connectivity index (χ0) is 12.3. The molecule has 1 atom stereocenters. The summed E-state index contributed by atoms with van der Waals surface area (Å²) < 4.78 is 13.4. The van der Waals surface area contributed by atoms with Gasteiger partial charge in [0.25, 0.3) is 0 Å². The summed E-state index contributed by atoms with van der Waals surface area (Å²) >= 11 is 0. The van der Waals surface area contributed by atoms with Gasteiger partial charge in [0, 0.05) is 6.42 Å². The van der Waals surface area contributed by atoms with Gasteiger partial charge in [0.2, 0.25) is 0 Å². The molecule has 0 aliphatic heterocycles. The molecule has 1 unspecified atom stereocenters. The Bertz CT molecular complexity index is 491. The highest BCUT2D eigenvalue weighted by molar-refractivity contribution is 5.26. The normalized spacial score (nSPS) is 12.4. The molecule has 0 saturated heterocycles. The molecule has 17 heavy (non-hydrogen) atoms. The first-order valence-electron chi connectivity index (χ1n) is 5.65. The molecule has 2 rings (SSSR count). The van der Waals surface area contributed by atoms with Crippen molar-refractivity contribution in [3.05, 3.63) is 71.0 Å². The minimum absolute atomic E-state index is 0.265. The fraction of sp³-hybridized carbons (Fsp3) is 0.200. The van der Waals surface area contributed by atoms with E-state index < -0.39 is 6.10 Å². The lowest BCUT2D eigenvalue weighted by molar-refractivity contribution is 0.177. The van der Waals surface area contributed by atoms with Gasteiger partial charge in [-0.05, 0) is 24.1 Å². The second-order valence-corrected chi connectivity index (χ2v) is 4.22. The minimum atomic E-state index is -0.660. The van der Waals surface area contributed by atoms with Gasteiger partial charge in [-0.3, -0.25) is 0 Å². The molecule has 0 fully saturated rings. The van der Waals surface area contributed by atoms with Gasteiger partial charge in [-0.15, -0.1) is 0 Å². The highest BCUT2D eigenvalue weighted by Crippen LogP contribution is 2.20. The van der Waals surface area contributed by atoms with Crippen LogP contribution in [0.1, 0.15) is 22.8 Å². The number of benzene rings is 2. The first-order valence-corrected chi connectivity index (χ1v) is 5.65. The van der Waals surface area contributed by atoms with Crippen molar-refractivity contribution in [2.75, 3.05) is 0 Å². The van der Waals surface area contributed by atoms with Crippen molar-refractivity contribution >= 4 is 0 Å². The van der Waals surface area contributed by atoms with Crippen molar-refractivity contribution in [2.24, 2.45) is 0 Å². The molecule has 2 aromatic rings. The number of aryl methyl sites for hydroxylation is 1. The maximum atomic E-state index is 13.4. The van der Waals surface area contributed by atoms with E-state index in [2.05, 4.69) is 0 Å². The number of hydrogen-bond donors (Lipinski definition) is 1. The molecule has 0 amide bonds. The van der Waals surface area contributed by atoms with Crippen LogP contribution in [-0.4, -0.2) is 5.11 Å². The lowest BCUT2D eigenvalue weighted by Crippen LogP contribution is -2.03. The van der Waals surface area contributed by atoms with E-state index in [-0.39, 0.29) is 5.82 Å². The fourth-order valence-corrected chi connectivity index (χ4v) is 1.78. The average molecular weight is 230 g/mol. The number of aliphatic hydroxyl groups excluding tert-OH is 1. The van der Waals surface area contributed by atoms with Gasteiger partial charge in [0.15, 0.2) is 0 Å². The van der Waals surface area contributed by atoms with E-state index in [1.165, 1.54) is 6.07 Å². The molecule has 0 bridgehead atoms. The predicted molar refractivity (Wildman–Crippen MR) is 66.2 cm³/mol. The highest BCUT2D eigenvalue weighted by atomic mass is 19.1. The summed E-state index contributed by atoms with van der Waals surface area (Å²) in [5.74, 6) is -0.265. The summed E-state index contributed by atoms with van der Waals surface area (Å²) in [7, 11) is 0. The third kappa shape index (κ3) is 2.92. The molecule has 88 valence electrons. The van der Waals surface area contributed by atoms with Crippen molar-refractivity contribution in [3.63, 3.8) is 0 Å². The van der Waals surface area contributed by atoms with Crippen LogP contribution in [0.4, 0.5) is 4.39 Å². The molecule has 0 saturated carbocycles. The number of aliphatic hydroxyl groups is 1. The maximum Gasteiger partial charge on any atom is 0.126 e. The Labute approximate surface area is 101 Å². The van der Waals surface area contributed by atoms with Gasteiger partial charge >= 0.3 is 0 Å². The molecular formula is C15H15FO. The average Bonchev–Trinajstić information content (AvgIpc) is 2.33. The maximum absolute atomic E-state index is 13.4. The van der Waals surface area contributed by atoms with E-state index in [0.717, 1.165) is 11.1 Å². The van der Waals surface area contributed by atoms with Gasteiger partial charge < -0.3 is 5.11 Å². The van der Waals surface area contributed by atoms with Gasteiger partial charge in [-0.1, -0.05) is 48.0 Å². The van der Waals surface area contributed by atoms with Gasteiger partial charge in [0.05, 0.1) is 6.10 Å². The Kier molecular flexibility index (Phi) is 3.55. The lowest BCUT2D eigenvalue weighted by Gasteiger charge is -2.11. The van der Waals surface area contributed by atoms with Crippen LogP contribution in [0.2, 0.25) is 0 Å². The molecule has 0 radical (unpaired) electrons. The van der Waals surface area contributed by atoms with E-state index in [1.807, 2.05) is 31.2 Å². The van der Waals surface area contributed by atoms with E-state index in [9.17, 15) is 9.50 Å². The van der Waals surface area contributed by atoms with E-state index in [4.69, 9.17) is 0 Å². The first-order chi connectivity index (χ1) is 8.16. The molecule has 0 spiro atoms. The topological polar surface area (TPSA) is 20.2 Å². The third-order valence-corrected chi connectivity index (χ3v) is 2.83. The van der Waals surface area contributed by atoms with Crippen molar-refractivity contribution in [2.45, 2.75) is 19.4 Å². The zero-order valence-corrected chi connectivity index (χ0v) is 9.73. The number of rotatable bonds is 3. The van der Waals surface area contributed by atoms with E-state index >= 15 is 0 Å². The summed E-state index contributed by atoms with van der Waals surface area (Å²) in [6, 6.07) is 14.2. The monoisotopic (exact) mass is 230 g/mol. The van der Waals surface area contributed by atoms with Crippen molar-refractivity contribution in [1.29, 1.82) is 0 Å². The standard InChI is InChI=1S/C15H15FO/c1-11-6-8-12(9-7-11)15(17)10-13-4-2-3-5-14(13)16/h2-9,15,17H,10H2,1H3. The van der Waals surface area contributed by atoms with Gasteiger partial charge in [-0.25, -0.2) is 4.39 Å². The van der Waals surface area contributed by atoms with Crippen LogP contribution >= 0.6 is 0 Å². The lowest BCUT2D eigenvalue weighted by atomic mass is 10.0. The number of halogens is 1. The van der Waals surface area contributed by atoms with Crippen LogP contribution in [0, 0.1) is 12.7 Å². The van der Waals surface area contributed by atoms with Gasteiger partial charge in [-0.2, -0.15) is 0 Å². The molecule has 0 aromatic heterocycles. The Morgan fingerprint density at radius 1 is 1.06 bits per heavy atom. The summed E-state index contributed by atoms with van der Waals surface area (Å²) in [6.45, 7) is 1.99. The van der Waals surface area contributed by atoms with Crippen molar-refractivity contribution < 1.29 is 9.50 Å². The third-order valence-electron chi connectivity index (χ3n) is 2.83. The highest BCUT2D eigenvalue weighted by Gasteiger charge is 2.10. The molecule has 0 aliphatic carbocycles. The van der Waals surface area contributed by atoms with E-state index in [0.29, 0.717) is 12.0 Å². The van der Waals surface area contributed by atoms with Crippen LogP contribution in [0.3, 0.4) is 0 Å². The van der Waals surface area contributed by atoms with Crippen LogP contribution in [0.5, 0.6) is 0 Å². The predicted octanol–water partition coefficient (Wildman–Crippen LogP) is 3.41. The van der Waals surface area contributed by atoms with Crippen LogP contribution in [0.25, 0.3) is 0 Å². The number of hydrogen-bond acceptors (Lipinski definition) is 1. The molecule has 1 nitrogen and oxygen atoms in total. The summed E-state index contributed by atoms with van der Waals surface area (Å²) in [6.07, 6.45) is -0.358. The zero-order valence-electron chi connectivity index (χ0n) is 9.73. The Hall–Kier alpha value is -1.67. The summed E-state index contributed by atoms with van der Waals surface area (Å²) in [5, 5.41) is 10.0. The molecule has 0 heterocycles. The quantitative estimate of drug-likeness (QED) is 0.856. The largest absolute Gasteiger partial charge is 0.388 e. The summed E-state index contributed by atoms with van der Waals surface area (Å²) in [5.41, 5.74) is 2.51. The van der Waals surface area contributed by atoms with E-state index in [1.54, 1.807) is 18.2 Å². The second-order valence-electron chi connectivity index (χ2n) is 4.22. The van der Waals surface area contributed by atoms with Crippen molar-refractivity contribution in [3.8, 4) is 0 Å². The fourth-order valence-electron chi connectivity index (χ4n) is 1.78. The smallest absolute Gasteiger partial charge is 0.126 e. The Balaban J connectivity index is 2.14.